The number of piperazine rings is 1. The minimum atomic E-state index is -0.544. The number of nitrogens with zero attached hydrogens (tertiary/aromatic N) is 2. The van der Waals surface area contributed by atoms with Crippen LogP contribution >= 0.6 is 0 Å². The third-order valence-corrected chi connectivity index (χ3v) is 4.90. The van der Waals surface area contributed by atoms with E-state index in [9.17, 15) is 14.4 Å². The molecule has 1 fully saturated rings. The number of H-pyrrole nitrogens is 2. The van der Waals surface area contributed by atoms with Gasteiger partial charge in [-0.05, 0) is 38.1 Å². The van der Waals surface area contributed by atoms with Crippen molar-refractivity contribution in [3.05, 3.63) is 57.3 Å². The van der Waals surface area contributed by atoms with Gasteiger partial charge in [-0.1, -0.05) is 0 Å². The highest BCUT2D eigenvalue weighted by Crippen LogP contribution is 2.17. The molecule has 8 nitrogen and oxygen atoms in total. The number of carbonyl (C=O) groups excluding carboxylic acids is 2. The Balaban J connectivity index is 1.45. The van der Waals surface area contributed by atoms with Crippen LogP contribution in [0.3, 0.4) is 0 Å². The molecule has 3 aromatic rings. The van der Waals surface area contributed by atoms with Crippen molar-refractivity contribution in [3.63, 3.8) is 0 Å². The van der Waals surface area contributed by atoms with Crippen molar-refractivity contribution >= 4 is 22.9 Å². The van der Waals surface area contributed by atoms with Gasteiger partial charge < -0.3 is 19.2 Å². The lowest BCUT2D eigenvalue weighted by atomic mass is 10.1. The number of hydrogen-bond donors (Lipinski definition) is 2. The summed E-state index contributed by atoms with van der Waals surface area (Å²) in [5, 5.41) is 0. The highest BCUT2D eigenvalue weighted by atomic mass is 16.4. The topological polar surface area (TPSA) is 102 Å². The number of rotatable bonds is 2. The molecule has 1 aromatic carbocycles. The lowest BCUT2D eigenvalue weighted by molar-refractivity contribution is 0.0535. The van der Waals surface area contributed by atoms with E-state index in [1.54, 1.807) is 28.0 Å². The second-order valence-corrected chi connectivity index (χ2v) is 6.80. The predicted octanol–water partition coefficient (Wildman–Crippen LogP) is 1.66. The molecule has 27 heavy (non-hydrogen) atoms. The molecule has 0 bridgehead atoms. The van der Waals surface area contributed by atoms with Crippen molar-refractivity contribution < 1.29 is 14.0 Å². The van der Waals surface area contributed by atoms with E-state index in [0.29, 0.717) is 48.4 Å². The van der Waals surface area contributed by atoms with E-state index in [1.165, 1.54) is 0 Å². The van der Waals surface area contributed by atoms with Gasteiger partial charge in [-0.2, -0.15) is 0 Å². The number of aryl methyl sites for hydroxylation is 2. The first-order chi connectivity index (χ1) is 12.9. The van der Waals surface area contributed by atoms with Gasteiger partial charge in [0.2, 0.25) is 0 Å². The van der Waals surface area contributed by atoms with Crippen molar-refractivity contribution in [1.82, 2.24) is 19.8 Å². The maximum absolute atomic E-state index is 12.7. The Bertz CT molecular complexity index is 1080. The Kier molecular flexibility index (Phi) is 4.10. The summed E-state index contributed by atoms with van der Waals surface area (Å²) in [6.07, 6.45) is 0. The number of amides is 2. The summed E-state index contributed by atoms with van der Waals surface area (Å²) in [5.41, 5.74) is 3.90. The smallest absolute Gasteiger partial charge is 0.408 e. The van der Waals surface area contributed by atoms with E-state index in [-0.39, 0.29) is 11.8 Å². The van der Waals surface area contributed by atoms with Gasteiger partial charge in [-0.15, -0.1) is 0 Å². The van der Waals surface area contributed by atoms with Crippen LogP contribution in [0.25, 0.3) is 11.1 Å². The molecule has 1 aliphatic rings. The minimum absolute atomic E-state index is 0.0126. The fraction of sp³-hybridized carbons (Fsp3) is 0.316. The highest BCUT2D eigenvalue weighted by molar-refractivity contribution is 5.98. The van der Waals surface area contributed by atoms with Gasteiger partial charge in [-0.25, -0.2) is 4.79 Å². The van der Waals surface area contributed by atoms with E-state index in [1.807, 2.05) is 19.9 Å². The summed E-state index contributed by atoms with van der Waals surface area (Å²) in [5.74, 6) is -0.682. The Labute approximate surface area is 154 Å². The average molecular weight is 368 g/mol. The molecule has 0 aliphatic carbocycles. The van der Waals surface area contributed by atoms with Gasteiger partial charge in [0.1, 0.15) is 0 Å². The van der Waals surface area contributed by atoms with Crippen LogP contribution in [0.2, 0.25) is 0 Å². The fourth-order valence-electron chi connectivity index (χ4n) is 3.50. The first-order valence-electron chi connectivity index (χ1n) is 8.80. The predicted molar refractivity (Wildman–Crippen MR) is 98.9 cm³/mol. The Morgan fingerprint density at radius 1 is 0.963 bits per heavy atom. The molecule has 2 N–H and O–H groups in total. The summed E-state index contributed by atoms with van der Waals surface area (Å²) >= 11 is 0. The van der Waals surface area contributed by atoms with Gasteiger partial charge >= 0.3 is 5.76 Å². The molecule has 4 rings (SSSR count). The SMILES string of the molecule is Cc1cc(C(=O)N2CCN(C(=O)c3ccc4oc(=O)[nH]c4c3)CC2)c(C)[nH]1. The number of nitrogens with one attached hydrogen (secondary N) is 2. The second kappa shape index (κ2) is 6.46. The molecular formula is C19H20N4O4. The van der Waals surface area contributed by atoms with E-state index in [0.717, 1.165) is 11.4 Å². The maximum Gasteiger partial charge on any atom is 0.417 e. The summed E-state index contributed by atoms with van der Waals surface area (Å²) in [7, 11) is 0. The fourth-order valence-corrected chi connectivity index (χ4v) is 3.50. The van der Waals surface area contributed by atoms with Gasteiger partial charge in [0, 0.05) is 43.1 Å². The number of fused-ring (bicyclic) bond motifs is 1. The summed E-state index contributed by atoms with van der Waals surface area (Å²) in [6.45, 7) is 5.71. The first kappa shape index (κ1) is 17.1. The van der Waals surface area contributed by atoms with Crippen LogP contribution < -0.4 is 5.76 Å². The average Bonchev–Trinajstić information content (AvgIpc) is 3.20. The second-order valence-electron chi connectivity index (χ2n) is 6.80. The summed E-state index contributed by atoms with van der Waals surface area (Å²) < 4.78 is 4.96. The third kappa shape index (κ3) is 3.14. The van der Waals surface area contributed by atoms with Crippen LogP contribution in [0.15, 0.2) is 33.5 Å². The van der Waals surface area contributed by atoms with Crippen molar-refractivity contribution in [2.75, 3.05) is 26.2 Å². The third-order valence-electron chi connectivity index (χ3n) is 4.90. The lowest BCUT2D eigenvalue weighted by Crippen LogP contribution is -2.50. The van der Waals surface area contributed by atoms with Crippen LogP contribution in [0.5, 0.6) is 0 Å². The quantitative estimate of drug-likeness (QED) is 0.718. The van der Waals surface area contributed by atoms with Crippen molar-refractivity contribution in [1.29, 1.82) is 0 Å². The Morgan fingerprint density at radius 2 is 1.63 bits per heavy atom. The van der Waals surface area contributed by atoms with Gasteiger partial charge in [-0.3, -0.25) is 14.6 Å². The highest BCUT2D eigenvalue weighted by Gasteiger charge is 2.27. The standard InChI is InChI=1S/C19H20N4O4/c1-11-9-14(12(2)20-11)18(25)23-7-5-22(6-8-23)17(24)13-3-4-16-15(10-13)21-19(26)27-16/h3-4,9-10,20H,5-8H2,1-2H3,(H,21,26). The maximum atomic E-state index is 12.7. The van der Waals surface area contributed by atoms with Gasteiger partial charge in [0.25, 0.3) is 11.8 Å². The molecule has 0 radical (unpaired) electrons. The molecule has 3 heterocycles. The van der Waals surface area contributed by atoms with Crippen LogP contribution in [0.4, 0.5) is 0 Å². The van der Waals surface area contributed by atoms with Crippen molar-refractivity contribution in [2.45, 2.75) is 13.8 Å². The molecule has 0 atom stereocenters. The summed E-state index contributed by atoms with van der Waals surface area (Å²) in [6, 6.07) is 6.73. The largest absolute Gasteiger partial charge is 0.417 e. The summed E-state index contributed by atoms with van der Waals surface area (Å²) in [4.78, 5) is 45.9. The normalized spacial score (nSPS) is 14.7. The Morgan fingerprint density at radius 3 is 2.26 bits per heavy atom. The van der Waals surface area contributed by atoms with E-state index in [4.69, 9.17) is 4.42 Å². The van der Waals surface area contributed by atoms with Gasteiger partial charge in [0.05, 0.1) is 11.1 Å². The lowest BCUT2D eigenvalue weighted by Gasteiger charge is -2.34. The molecule has 0 unspecified atom stereocenters. The molecule has 140 valence electrons. The molecule has 0 saturated carbocycles. The number of aromatic amines is 2. The van der Waals surface area contributed by atoms with Crippen molar-refractivity contribution in [3.8, 4) is 0 Å². The number of carbonyl (C=O) groups is 2. The van der Waals surface area contributed by atoms with Crippen molar-refractivity contribution in [2.24, 2.45) is 0 Å². The Hall–Kier alpha value is -3.29. The molecule has 0 spiro atoms. The molecular weight excluding hydrogens is 348 g/mol. The molecule has 1 aliphatic heterocycles. The van der Waals surface area contributed by atoms with E-state index in [2.05, 4.69) is 9.97 Å². The number of hydrogen-bond acceptors (Lipinski definition) is 4. The molecule has 8 heteroatoms. The number of benzene rings is 1. The monoisotopic (exact) mass is 368 g/mol. The van der Waals surface area contributed by atoms with Gasteiger partial charge in [0.15, 0.2) is 5.58 Å². The van der Waals surface area contributed by atoms with E-state index >= 15 is 0 Å². The zero-order valence-electron chi connectivity index (χ0n) is 15.2. The van der Waals surface area contributed by atoms with Crippen LogP contribution in [-0.2, 0) is 0 Å². The molecule has 1 saturated heterocycles. The zero-order valence-corrected chi connectivity index (χ0v) is 15.2. The number of oxazole rings is 1. The first-order valence-corrected chi connectivity index (χ1v) is 8.80. The molecule has 2 aromatic heterocycles. The minimum Gasteiger partial charge on any atom is -0.408 e. The number of aromatic nitrogens is 2. The van der Waals surface area contributed by atoms with E-state index < -0.39 is 5.76 Å². The van der Waals surface area contributed by atoms with Crippen LogP contribution in [0.1, 0.15) is 32.1 Å². The van der Waals surface area contributed by atoms with Crippen LogP contribution in [-0.4, -0.2) is 57.8 Å². The van der Waals surface area contributed by atoms with Crippen LogP contribution in [0, 0.1) is 13.8 Å². The zero-order chi connectivity index (χ0) is 19.1. The molecule has 2 amide bonds.